The van der Waals surface area contributed by atoms with Crippen molar-refractivity contribution in [3.05, 3.63) is 29.8 Å². The van der Waals surface area contributed by atoms with Crippen LogP contribution in [0, 0.1) is 0 Å². The van der Waals surface area contributed by atoms with Crippen molar-refractivity contribution in [1.82, 2.24) is 15.5 Å². The number of amides is 2. The molecule has 1 aromatic carbocycles. The molecule has 0 radical (unpaired) electrons. The quantitative estimate of drug-likeness (QED) is 0.660. The first kappa shape index (κ1) is 21.0. The van der Waals surface area contributed by atoms with Crippen molar-refractivity contribution in [3.63, 3.8) is 0 Å². The van der Waals surface area contributed by atoms with E-state index in [0.29, 0.717) is 17.7 Å². The van der Waals surface area contributed by atoms with Crippen molar-refractivity contribution in [2.24, 2.45) is 0 Å². The Balaban J connectivity index is 1.57. The summed E-state index contributed by atoms with van der Waals surface area (Å²) in [5, 5.41) is 6.09. The van der Waals surface area contributed by atoms with Crippen molar-refractivity contribution < 1.29 is 14.3 Å². The highest BCUT2D eigenvalue weighted by Gasteiger charge is 2.33. The second kappa shape index (κ2) is 10.2. The maximum atomic E-state index is 12.9. The summed E-state index contributed by atoms with van der Waals surface area (Å²) in [6.45, 7) is 2.11. The standard InChI is InChI=1S/C21H31N3O3S/c1-27-19-6-4-3-5-17(19)20(25)23-18(11-14-28-2)21(26)22-15-9-12-24(13-10-15)16-7-8-16/h3-6,15-16,18H,7-14H2,1-2H3,(H,22,26)(H,23,25)/t18-/m0/s1. The summed E-state index contributed by atoms with van der Waals surface area (Å²) < 4.78 is 5.28. The molecule has 1 atom stereocenters. The summed E-state index contributed by atoms with van der Waals surface area (Å²) in [5.74, 6) is 0.964. The molecule has 1 heterocycles. The van der Waals surface area contributed by atoms with Gasteiger partial charge in [0.15, 0.2) is 0 Å². The molecule has 0 aromatic heterocycles. The molecule has 6 nitrogen and oxygen atoms in total. The van der Waals surface area contributed by atoms with E-state index in [9.17, 15) is 9.59 Å². The summed E-state index contributed by atoms with van der Waals surface area (Å²) in [6, 6.07) is 7.52. The Labute approximate surface area is 171 Å². The van der Waals surface area contributed by atoms with Crippen LogP contribution in [0.2, 0.25) is 0 Å². The monoisotopic (exact) mass is 405 g/mol. The average molecular weight is 406 g/mol. The van der Waals surface area contributed by atoms with Crippen molar-refractivity contribution in [3.8, 4) is 5.75 Å². The van der Waals surface area contributed by atoms with E-state index < -0.39 is 6.04 Å². The lowest BCUT2D eigenvalue weighted by Crippen LogP contribution is -2.52. The average Bonchev–Trinajstić information content (AvgIpc) is 3.56. The van der Waals surface area contributed by atoms with Crippen molar-refractivity contribution in [1.29, 1.82) is 0 Å². The Bertz CT molecular complexity index is 673. The van der Waals surface area contributed by atoms with Gasteiger partial charge in [-0.3, -0.25) is 9.59 Å². The van der Waals surface area contributed by atoms with Gasteiger partial charge in [0.1, 0.15) is 11.8 Å². The molecule has 1 aromatic rings. The molecule has 2 fully saturated rings. The molecule has 1 saturated heterocycles. The van der Waals surface area contributed by atoms with Crippen LogP contribution >= 0.6 is 11.8 Å². The maximum Gasteiger partial charge on any atom is 0.255 e. The van der Waals surface area contributed by atoms with Crippen LogP contribution in [0.4, 0.5) is 0 Å². The number of rotatable bonds is 9. The minimum atomic E-state index is -0.536. The predicted molar refractivity (Wildman–Crippen MR) is 113 cm³/mol. The molecule has 2 aliphatic rings. The van der Waals surface area contributed by atoms with Crippen LogP contribution in [0.3, 0.4) is 0 Å². The van der Waals surface area contributed by atoms with Gasteiger partial charge in [0, 0.05) is 25.2 Å². The van der Waals surface area contributed by atoms with Crippen molar-refractivity contribution >= 4 is 23.6 Å². The normalized spacial score (nSPS) is 19.1. The van der Waals surface area contributed by atoms with E-state index in [1.54, 1.807) is 30.0 Å². The van der Waals surface area contributed by atoms with Gasteiger partial charge >= 0.3 is 0 Å². The number of likely N-dealkylation sites (tertiary alicyclic amines) is 1. The van der Waals surface area contributed by atoms with Crippen LogP contribution in [0.5, 0.6) is 5.75 Å². The number of ether oxygens (including phenoxy) is 1. The highest BCUT2D eigenvalue weighted by Crippen LogP contribution is 2.29. The first-order valence-corrected chi connectivity index (χ1v) is 11.5. The van der Waals surface area contributed by atoms with Gasteiger partial charge < -0.3 is 20.3 Å². The van der Waals surface area contributed by atoms with Gasteiger partial charge in [0.25, 0.3) is 5.91 Å². The molecule has 0 unspecified atom stereocenters. The van der Waals surface area contributed by atoms with Gasteiger partial charge in [-0.2, -0.15) is 11.8 Å². The summed E-state index contributed by atoms with van der Waals surface area (Å²) in [5.41, 5.74) is 0.449. The van der Waals surface area contributed by atoms with E-state index in [-0.39, 0.29) is 17.9 Å². The molecule has 2 N–H and O–H groups in total. The third-order valence-corrected chi connectivity index (χ3v) is 6.17. The van der Waals surface area contributed by atoms with Gasteiger partial charge in [-0.15, -0.1) is 0 Å². The lowest BCUT2D eigenvalue weighted by Gasteiger charge is -2.33. The lowest BCUT2D eigenvalue weighted by molar-refractivity contribution is -0.124. The Morgan fingerprint density at radius 1 is 1.21 bits per heavy atom. The van der Waals surface area contributed by atoms with Crippen LogP contribution in [-0.2, 0) is 4.79 Å². The number of carbonyl (C=O) groups excluding carboxylic acids is 2. The molecular weight excluding hydrogens is 374 g/mol. The minimum absolute atomic E-state index is 0.0813. The Kier molecular flexibility index (Phi) is 7.62. The second-order valence-electron chi connectivity index (χ2n) is 7.56. The first-order valence-electron chi connectivity index (χ1n) is 10.1. The number of hydrogen-bond acceptors (Lipinski definition) is 5. The van der Waals surface area contributed by atoms with E-state index in [4.69, 9.17) is 4.74 Å². The number of thioether (sulfide) groups is 1. The molecule has 7 heteroatoms. The van der Waals surface area contributed by atoms with E-state index in [1.807, 2.05) is 12.3 Å². The predicted octanol–water partition coefficient (Wildman–Crippen LogP) is 2.29. The van der Waals surface area contributed by atoms with E-state index >= 15 is 0 Å². The summed E-state index contributed by atoms with van der Waals surface area (Å²) in [7, 11) is 1.54. The highest BCUT2D eigenvalue weighted by atomic mass is 32.2. The van der Waals surface area contributed by atoms with E-state index in [1.165, 1.54) is 20.0 Å². The number of methoxy groups -OCH3 is 1. The fourth-order valence-electron chi connectivity index (χ4n) is 3.72. The summed E-state index contributed by atoms with van der Waals surface area (Å²) in [6.07, 6.45) is 7.22. The van der Waals surface area contributed by atoms with Crippen molar-refractivity contribution in [2.45, 2.75) is 50.2 Å². The molecule has 154 valence electrons. The SMILES string of the molecule is COc1ccccc1C(=O)N[C@@H](CCSC)C(=O)NC1CCN(C2CC2)CC1. The third-order valence-electron chi connectivity index (χ3n) is 5.52. The van der Waals surface area contributed by atoms with Gasteiger partial charge in [0.2, 0.25) is 5.91 Å². The molecule has 1 aliphatic carbocycles. The lowest BCUT2D eigenvalue weighted by atomic mass is 10.0. The largest absolute Gasteiger partial charge is 0.496 e. The van der Waals surface area contributed by atoms with Crippen LogP contribution in [0.1, 0.15) is 42.5 Å². The number of benzene rings is 1. The van der Waals surface area contributed by atoms with Gasteiger partial charge in [-0.25, -0.2) is 0 Å². The molecule has 28 heavy (non-hydrogen) atoms. The molecule has 0 spiro atoms. The van der Waals surface area contributed by atoms with Crippen LogP contribution < -0.4 is 15.4 Å². The summed E-state index contributed by atoms with van der Waals surface area (Å²) in [4.78, 5) is 28.2. The zero-order valence-electron chi connectivity index (χ0n) is 16.8. The Morgan fingerprint density at radius 2 is 1.93 bits per heavy atom. The Hall–Kier alpha value is -1.73. The van der Waals surface area contributed by atoms with Crippen LogP contribution in [0.15, 0.2) is 24.3 Å². The fourth-order valence-corrected chi connectivity index (χ4v) is 4.19. The van der Waals surface area contributed by atoms with Gasteiger partial charge in [0.05, 0.1) is 12.7 Å². The number of nitrogens with zero attached hydrogens (tertiary/aromatic N) is 1. The number of hydrogen-bond donors (Lipinski definition) is 2. The Morgan fingerprint density at radius 3 is 2.57 bits per heavy atom. The fraction of sp³-hybridized carbons (Fsp3) is 0.619. The van der Waals surface area contributed by atoms with Gasteiger partial charge in [-0.05, 0) is 56.2 Å². The smallest absolute Gasteiger partial charge is 0.255 e. The first-order chi connectivity index (χ1) is 13.6. The second-order valence-corrected chi connectivity index (χ2v) is 8.54. The molecular formula is C21H31N3O3S. The van der Waals surface area contributed by atoms with Crippen LogP contribution in [0.25, 0.3) is 0 Å². The summed E-state index contributed by atoms with van der Waals surface area (Å²) >= 11 is 1.67. The maximum absolute atomic E-state index is 12.9. The number of piperidine rings is 1. The number of nitrogens with one attached hydrogen (secondary N) is 2. The minimum Gasteiger partial charge on any atom is -0.496 e. The molecule has 2 amide bonds. The van der Waals surface area contributed by atoms with Crippen molar-refractivity contribution in [2.75, 3.05) is 32.2 Å². The molecule has 1 aliphatic heterocycles. The topological polar surface area (TPSA) is 70.7 Å². The number of para-hydroxylation sites is 1. The van der Waals surface area contributed by atoms with Crippen LogP contribution in [-0.4, -0.2) is 67.0 Å². The highest BCUT2D eigenvalue weighted by molar-refractivity contribution is 7.98. The zero-order chi connectivity index (χ0) is 19.9. The zero-order valence-corrected chi connectivity index (χ0v) is 17.6. The van der Waals surface area contributed by atoms with E-state index in [2.05, 4.69) is 15.5 Å². The third kappa shape index (κ3) is 5.64. The van der Waals surface area contributed by atoms with Gasteiger partial charge in [-0.1, -0.05) is 12.1 Å². The number of carbonyl (C=O) groups is 2. The van der Waals surface area contributed by atoms with E-state index in [0.717, 1.165) is 37.7 Å². The molecule has 0 bridgehead atoms. The molecule has 3 rings (SSSR count). The molecule has 1 saturated carbocycles.